The first-order valence-corrected chi connectivity index (χ1v) is 8.03. The van der Waals surface area contributed by atoms with Gasteiger partial charge >= 0.3 is 11.9 Å². The number of carbonyl (C=O) groups is 2. The third-order valence-electron chi connectivity index (χ3n) is 2.81. The summed E-state index contributed by atoms with van der Waals surface area (Å²) in [6.07, 6.45) is 10.3. The van der Waals surface area contributed by atoms with Crippen molar-refractivity contribution in [3.8, 4) is 0 Å². The molecule has 1 aliphatic heterocycles. The molecule has 1 rings (SSSR count). The van der Waals surface area contributed by atoms with Gasteiger partial charge in [-0.3, -0.25) is 4.90 Å². The van der Waals surface area contributed by atoms with Crippen molar-refractivity contribution in [3.05, 3.63) is 24.3 Å². The van der Waals surface area contributed by atoms with E-state index >= 15 is 0 Å². The van der Waals surface area contributed by atoms with Crippen LogP contribution in [0, 0.1) is 0 Å². The van der Waals surface area contributed by atoms with Crippen LogP contribution in [0.2, 0.25) is 0 Å². The van der Waals surface area contributed by atoms with Crippen LogP contribution in [-0.2, 0) is 19.1 Å². The molecule has 0 saturated carbocycles. The molecular formula is C15H24BrNO4. The molecule has 0 bridgehead atoms. The van der Waals surface area contributed by atoms with E-state index < -0.39 is 0 Å². The molecule has 0 aromatic heterocycles. The van der Waals surface area contributed by atoms with Crippen molar-refractivity contribution in [2.45, 2.75) is 19.3 Å². The van der Waals surface area contributed by atoms with Gasteiger partial charge in [0.2, 0.25) is 0 Å². The summed E-state index contributed by atoms with van der Waals surface area (Å²) in [5.74, 6) is -0.582. The Kier molecular flexibility index (Phi) is 13.1. The highest BCUT2D eigenvalue weighted by Crippen LogP contribution is 2.07. The van der Waals surface area contributed by atoms with Crippen molar-refractivity contribution in [3.63, 3.8) is 0 Å². The number of rotatable bonds is 5. The standard InChI is InChI=1S/C10H17NO2.C5H7BrO2/c1-13-10(12)6-5-9-11-7-3-2-4-8-11;1-8-5(7)3-2-4-6/h5-6H,2-4,7-9H2,1H3;2-3H,4H2,1H3/b;3-2+. The Balaban J connectivity index is 0.000000433. The molecule has 6 heteroatoms. The third-order valence-corrected chi connectivity index (χ3v) is 3.19. The SMILES string of the molecule is COC(=O)/C=C/CBr.COC(=O)C=CCN1CCCCC1. The van der Waals surface area contributed by atoms with Crippen LogP contribution in [0.1, 0.15) is 19.3 Å². The molecule has 120 valence electrons. The van der Waals surface area contributed by atoms with Crippen molar-refractivity contribution < 1.29 is 19.1 Å². The number of allylic oxidation sites excluding steroid dienone is 1. The number of ether oxygens (including phenoxy) is 2. The maximum absolute atomic E-state index is 10.7. The highest BCUT2D eigenvalue weighted by atomic mass is 79.9. The minimum atomic E-state index is -0.315. The number of halogens is 1. The average Bonchev–Trinajstić information content (AvgIpc) is 2.54. The lowest BCUT2D eigenvalue weighted by Crippen LogP contribution is -2.29. The maximum Gasteiger partial charge on any atom is 0.330 e. The van der Waals surface area contributed by atoms with Crippen LogP contribution in [0.15, 0.2) is 24.3 Å². The summed E-state index contributed by atoms with van der Waals surface area (Å²) in [5.41, 5.74) is 0. The van der Waals surface area contributed by atoms with Gasteiger partial charge in [0.15, 0.2) is 0 Å². The van der Waals surface area contributed by atoms with E-state index in [0.29, 0.717) is 5.33 Å². The van der Waals surface area contributed by atoms with Crippen LogP contribution in [0.25, 0.3) is 0 Å². The number of methoxy groups -OCH3 is 2. The van der Waals surface area contributed by atoms with E-state index in [-0.39, 0.29) is 11.9 Å². The van der Waals surface area contributed by atoms with E-state index in [2.05, 4.69) is 30.3 Å². The Bertz CT molecular complexity index is 350. The summed E-state index contributed by atoms with van der Waals surface area (Å²) in [6.45, 7) is 3.19. The smallest absolute Gasteiger partial charge is 0.330 e. The average molecular weight is 362 g/mol. The van der Waals surface area contributed by atoms with Gasteiger partial charge in [0.1, 0.15) is 0 Å². The monoisotopic (exact) mass is 361 g/mol. The van der Waals surface area contributed by atoms with E-state index in [1.54, 1.807) is 6.08 Å². The second-order valence-corrected chi connectivity index (χ2v) is 5.01. The molecule has 0 atom stereocenters. The quantitative estimate of drug-likeness (QED) is 0.427. The lowest BCUT2D eigenvalue weighted by molar-refractivity contribution is -0.135. The fraction of sp³-hybridized carbons (Fsp3) is 0.600. The second-order valence-electron chi connectivity index (χ2n) is 4.37. The molecule has 0 aromatic carbocycles. The summed E-state index contributed by atoms with van der Waals surface area (Å²) >= 11 is 3.11. The van der Waals surface area contributed by atoms with E-state index in [4.69, 9.17) is 0 Å². The first-order chi connectivity index (χ1) is 10.1. The molecule has 0 radical (unpaired) electrons. The Hall–Kier alpha value is -1.14. The van der Waals surface area contributed by atoms with Crippen molar-refractivity contribution in [1.29, 1.82) is 0 Å². The molecule has 0 N–H and O–H groups in total. The molecule has 0 amide bonds. The molecule has 0 unspecified atom stereocenters. The number of carbonyl (C=O) groups excluding carboxylic acids is 2. The van der Waals surface area contributed by atoms with Crippen molar-refractivity contribution in [2.24, 2.45) is 0 Å². The Morgan fingerprint density at radius 1 is 1.00 bits per heavy atom. The summed E-state index contributed by atoms with van der Waals surface area (Å²) in [7, 11) is 2.74. The van der Waals surface area contributed by atoms with Crippen LogP contribution in [0.5, 0.6) is 0 Å². The van der Waals surface area contributed by atoms with E-state index in [1.165, 1.54) is 45.6 Å². The number of piperidine rings is 1. The van der Waals surface area contributed by atoms with Crippen LogP contribution in [0.3, 0.4) is 0 Å². The van der Waals surface area contributed by atoms with Gasteiger partial charge in [-0.2, -0.15) is 0 Å². The molecule has 1 fully saturated rings. The topological polar surface area (TPSA) is 55.8 Å². The molecule has 1 aliphatic rings. The molecule has 5 nitrogen and oxygen atoms in total. The lowest BCUT2D eigenvalue weighted by Gasteiger charge is -2.24. The summed E-state index contributed by atoms with van der Waals surface area (Å²) in [6, 6.07) is 0. The number of hydrogen-bond acceptors (Lipinski definition) is 5. The van der Waals surface area contributed by atoms with Gasteiger partial charge in [-0.15, -0.1) is 0 Å². The van der Waals surface area contributed by atoms with E-state index in [1.807, 2.05) is 6.08 Å². The predicted molar refractivity (Wildman–Crippen MR) is 86.4 cm³/mol. The lowest BCUT2D eigenvalue weighted by atomic mass is 10.1. The van der Waals surface area contributed by atoms with Gasteiger partial charge in [-0.25, -0.2) is 9.59 Å². The zero-order chi connectivity index (χ0) is 15.9. The van der Waals surface area contributed by atoms with Crippen molar-refractivity contribution >= 4 is 27.9 Å². The normalized spacial score (nSPS) is 15.6. The highest BCUT2D eigenvalue weighted by molar-refractivity contribution is 9.09. The number of alkyl halides is 1. The fourth-order valence-electron chi connectivity index (χ4n) is 1.72. The zero-order valence-corrected chi connectivity index (χ0v) is 14.3. The van der Waals surface area contributed by atoms with Gasteiger partial charge in [0.25, 0.3) is 0 Å². The van der Waals surface area contributed by atoms with Gasteiger partial charge in [-0.1, -0.05) is 34.5 Å². The van der Waals surface area contributed by atoms with E-state index in [0.717, 1.165) is 19.6 Å². The van der Waals surface area contributed by atoms with Gasteiger partial charge in [0.05, 0.1) is 14.2 Å². The first-order valence-electron chi connectivity index (χ1n) is 6.91. The number of nitrogens with zero attached hydrogens (tertiary/aromatic N) is 1. The number of likely N-dealkylation sites (tertiary alicyclic amines) is 1. The third kappa shape index (κ3) is 12.3. The van der Waals surface area contributed by atoms with Gasteiger partial charge in [0, 0.05) is 24.0 Å². The molecule has 21 heavy (non-hydrogen) atoms. The zero-order valence-electron chi connectivity index (χ0n) is 12.7. The molecule has 1 heterocycles. The minimum Gasteiger partial charge on any atom is -0.466 e. The Labute approximate surface area is 135 Å². The van der Waals surface area contributed by atoms with Crippen molar-refractivity contribution in [1.82, 2.24) is 4.90 Å². The highest BCUT2D eigenvalue weighted by Gasteiger charge is 2.07. The molecule has 0 spiro atoms. The van der Waals surface area contributed by atoms with Crippen LogP contribution in [-0.4, -0.2) is 56.0 Å². The predicted octanol–water partition coefficient (Wildman–Crippen LogP) is 2.31. The largest absolute Gasteiger partial charge is 0.466 e. The maximum atomic E-state index is 10.7. The summed E-state index contributed by atoms with van der Waals surface area (Å²) in [4.78, 5) is 23.3. The van der Waals surface area contributed by atoms with Crippen LogP contribution < -0.4 is 0 Å². The molecular weight excluding hydrogens is 338 g/mol. The number of hydrogen-bond donors (Lipinski definition) is 0. The second kappa shape index (κ2) is 13.8. The Morgan fingerprint density at radius 2 is 1.52 bits per heavy atom. The Morgan fingerprint density at radius 3 is 2.00 bits per heavy atom. The van der Waals surface area contributed by atoms with E-state index in [9.17, 15) is 9.59 Å². The fourth-order valence-corrected chi connectivity index (χ4v) is 1.90. The molecule has 0 aromatic rings. The summed E-state index contributed by atoms with van der Waals surface area (Å²) < 4.78 is 8.80. The first kappa shape index (κ1) is 19.9. The molecule has 0 aliphatic carbocycles. The van der Waals surface area contributed by atoms with Crippen molar-refractivity contribution in [2.75, 3.05) is 39.2 Å². The van der Waals surface area contributed by atoms with Gasteiger partial charge < -0.3 is 9.47 Å². The summed E-state index contributed by atoms with van der Waals surface area (Å²) in [5, 5.41) is 0.683. The molecule has 1 saturated heterocycles. The number of esters is 2. The minimum absolute atomic E-state index is 0.267. The van der Waals surface area contributed by atoms with Gasteiger partial charge in [-0.05, 0) is 25.9 Å². The van der Waals surface area contributed by atoms with Crippen LogP contribution in [0.4, 0.5) is 0 Å². The van der Waals surface area contributed by atoms with Crippen LogP contribution >= 0.6 is 15.9 Å².